The van der Waals surface area contributed by atoms with Gasteiger partial charge in [0, 0.05) is 19.2 Å². The van der Waals surface area contributed by atoms with Crippen molar-refractivity contribution in [2.45, 2.75) is 43.6 Å². The number of thioether (sulfide) groups is 1. The second-order valence-electron chi connectivity index (χ2n) is 6.78. The van der Waals surface area contributed by atoms with Gasteiger partial charge in [-0.15, -0.1) is 11.8 Å². The molecule has 10 heteroatoms. The highest BCUT2D eigenvalue weighted by molar-refractivity contribution is 7.99. The molecule has 0 radical (unpaired) electrons. The highest BCUT2D eigenvalue weighted by Gasteiger charge is 2.07. The number of nitriles is 1. The van der Waals surface area contributed by atoms with Crippen molar-refractivity contribution < 1.29 is 17.4 Å². The molecule has 0 bridgehead atoms. The van der Waals surface area contributed by atoms with Crippen LogP contribution in [0.4, 0.5) is 0 Å². The van der Waals surface area contributed by atoms with E-state index < -0.39 is 10.3 Å². The zero-order valence-corrected chi connectivity index (χ0v) is 18.8. The number of rotatable bonds is 13. The number of hydrogen-bond donors (Lipinski definition) is 2. The van der Waals surface area contributed by atoms with Gasteiger partial charge in [0.2, 0.25) is 0 Å². The van der Waals surface area contributed by atoms with E-state index in [1.807, 2.05) is 6.07 Å². The van der Waals surface area contributed by atoms with Gasteiger partial charge >= 0.3 is 10.3 Å². The van der Waals surface area contributed by atoms with Gasteiger partial charge in [-0.3, -0.25) is 4.79 Å². The Morgan fingerprint density at radius 2 is 1.87 bits per heavy atom. The molecule has 166 valence electrons. The van der Waals surface area contributed by atoms with Crippen LogP contribution in [0.15, 0.2) is 47.6 Å². The van der Waals surface area contributed by atoms with Gasteiger partial charge in [0.1, 0.15) is 5.75 Å². The molecule has 1 amide bonds. The van der Waals surface area contributed by atoms with Crippen molar-refractivity contribution in [1.29, 1.82) is 5.26 Å². The van der Waals surface area contributed by atoms with Crippen molar-refractivity contribution in [3.63, 3.8) is 0 Å². The first kappa shape index (κ1) is 24.7. The molecule has 1 aromatic carbocycles. The summed E-state index contributed by atoms with van der Waals surface area (Å²) < 4.78 is 26.4. The quantitative estimate of drug-likeness (QED) is 0.345. The average Bonchev–Trinajstić information content (AvgIpc) is 2.73. The number of nitrogens with one attached hydrogen (secondary N) is 1. The molecular weight excluding hydrogens is 436 g/mol. The van der Waals surface area contributed by atoms with E-state index in [1.165, 1.54) is 12.1 Å². The van der Waals surface area contributed by atoms with Crippen LogP contribution in [0.3, 0.4) is 0 Å². The van der Waals surface area contributed by atoms with Crippen molar-refractivity contribution in [3.8, 4) is 11.8 Å². The molecule has 0 atom stereocenters. The summed E-state index contributed by atoms with van der Waals surface area (Å²) in [4.78, 5) is 16.6. The molecule has 0 spiro atoms. The number of hydrogen-bond acceptors (Lipinski definition) is 7. The lowest BCUT2D eigenvalue weighted by molar-refractivity contribution is 0.0953. The van der Waals surface area contributed by atoms with Crippen LogP contribution in [0.2, 0.25) is 0 Å². The smallest absolute Gasteiger partial charge is 0.371 e. The van der Waals surface area contributed by atoms with Crippen molar-refractivity contribution in [1.82, 2.24) is 10.3 Å². The van der Waals surface area contributed by atoms with E-state index in [2.05, 4.69) is 20.6 Å². The molecule has 3 N–H and O–H groups in total. The van der Waals surface area contributed by atoms with Gasteiger partial charge in [-0.05, 0) is 54.8 Å². The van der Waals surface area contributed by atoms with Crippen LogP contribution in [-0.2, 0) is 16.7 Å². The highest BCUT2D eigenvalue weighted by atomic mass is 32.2. The Hall–Kier alpha value is -2.61. The van der Waals surface area contributed by atoms with Gasteiger partial charge in [-0.2, -0.15) is 18.8 Å². The van der Waals surface area contributed by atoms with Gasteiger partial charge in [0.25, 0.3) is 5.91 Å². The molecule has 0 aliphatic heterocycles. The first-order valence-corrected chi connectivity index (χ1v) is 12.4. The van der Waals surface area contributed by atoms with Gasteiger partial charge < -0.3 is 9.50 Å². The van der Waals surface area contributed by atoms with Crippen LogP contribution >= 0.6 is 11.8 Å². The summed E-state index contributed by atoms with van der Waals surface area (Å²) >= 11 is 1.66. The van der Waals surface area contributed by atoms with Crippen LogP contribution in [0, 0.1) is 11.3 Å². The summed E-state index contributed by atoms with van der Waals surface area (Å²) in [6.45, 7) is 0.427. The molecule has 1 aromatic heterocycles. The van der Waals surface area contributed by atoms with Crippen LogP contribution in [0.1, 0.15) is 48.0 Å². The first-order valence-electron chi connectivity index (χ1n) is 9.92. The minimum absolute atomic E-state index is 0.137. The number of carbonyl (C=O) groups excluding carboxylic acids is 1. The van der Waals surface area contributed by atoms with Gasteiger partial charge in [0.15, 0.2) is 0 Å². The van der Waals surface area contributed by atoms with Crippen LogP contribution in [0.25, 0.3) is 0 Å². The van der Waals surface area contributed by atoms with Gasteiger partial charge in [0.05, 0.1) is 16.7 Å². The summed E-state index contributed by atoms with van der Waals surface area (Å²) in [5.41, 5.74) is 1.41. The average molecular weight is 463 g/mol. The van der Waals surface area contributed by atoms with E-state index in [4.69, 9.17) is 10.4 Å². The third-order valence-corrected chi connectivity index (χ3v) is 5.72. The van der Waals surface area contributed by atoms with E-state index in [0.717, 1.165) is 42.0 Å². The topological polar surface area (TPSA) is 135 Å². The second-order valence-corrected chi connectivity index (χ2v) is 9.05. The summed E-state index contributed by atoms with van der Waals surface area (Å²) in [5, 5.41) is 17.1. The SMILES string of the molecule is N#CCCCCCCSc1ccc(C(=O)NCCc2ccc(OS(N)(=O)=O)cc2)cn1. The molecule has 31 heavy (non-hydrogen) atoms. The molecule has 8 nitrogen and oxygen atoms in total. The van der Waals surface area contributed by atoms with E-state index >= 15 is 0 Å². The summed E-state index contributed by atoms with van der Waals surface area (Å²) in [6.07, 6.45) is 7.00. The number of nitrogens with zero attached hydrogens (tertiary/aromatic N) is 2. The summed E-state index contributed by atoms with van der Waals surface area (Å²) in [6, 6.07) is 12.2. The van der Waals surface area contributed by atoms with Crippen LogP contribution < -0.4 is 14.6 Å². The largest absolute Gasteiger partial charge is 0.380 e. The Morgan fingerprint density at radius 1 is 1.13 bits per heavy atom. The van der Waals surface area contributed by atoms with E-state index in [0.29, 0.717) is 24.9 Å². The number of benzene rings is 1. The van der Waals surface area contributed by atoms with Crippen molar-refractivity contribution in [2.75, 3.05) is 12.3 Å². The molecule has 0 saturated carbocycles. The molecular formula is C21H26N4O4S2. The van der Waals surface area contributed by atoms with Crippen molar-refractivity contribution in [3.05, 3.63) is 53.7 Å². The molecule has 0 aliphatic carbocycles. The Morgan fingerprint density at radius 3 is 2.52 bits per heavy atom. The third kappa shape index (κ3) is 10.3. The highest BCUT2D eigenvalue weighted by Crippen LogP contribution is 2.18. The maximum Gasteiger partial charge on any atom is 0.380 e. The summed E-state index contributed by atoms with van der Waals surface area (Å²) in [7, 11) is -4.04. The lowest BCUT2D eigenvalue weighted by Crippen LogP contribution is -2.25. The lowest BCUT2D eigenvalue weighted by Gasteiger charge is -2.07. The fourth-order valence-electron chi connectivity index (χ4n) is 2.70. The molecule has 0 aliphatic rings. The lowest BCUT2D eigenvalue weighted by atomic mass is 10.1. The number of amides is 1. The predicted molar refractivity (Wildman–Crippen MR) is 120 cm³/mol. The maximum atomic E-state index is 12.3. The van der Waals surface area contributed by atoms with Crippen molar-refractivity contribution >= 4 is 28.0 Å². The van der Waals surface area contributed by atoms with Crippen LogP contribution in [-0.4, -0.2) is 31.6 Å². The molecule has 0 saturated heterocycles. The molecule has 2 aromatic rings. The Bertz CT molecular complexity index is 972. The fourth-order valence-corrected chi connectivity index (χ4v) is 3.93. The zero-order valence-electron chi connectivity index (χ0n) is 17.1. The number of aromatic nitrogens is 1. The Balaban J connectivity index is 1.68. The normalized spacial score (nSPS) is 11.0. The van der Waals surface area contributed by atoms with E-state index in [9.17, 15) is 13.2 Å². The maximum absolute atomic E-state index is 12.3. The molecule has 0 fully saturated rings. The first-order chi connectivity index (χ1) is 14.9. The molecule has 0 unspecified atom stereocenters. The number of nitrogens with two attached hydrogens (primary N) is 1. The Labute approximate surface area is 187 Å². The number of pyridine rings is 1. The van der Waals surface area contributed by atoms with E-state index in [1.54, 1.807) is 36.2 Å². The van der Waals surface area contributed by atoms with E-state index in [-0.39, 0.29) is 11.7 Å². The number of unbranched alkanes of at least 4 members (excludes halogenated alkanes) is 4. The van der Waals surface area contributed by atoms with Gasteiger partial charge in [-0.25, -0.2) is 4.98 Å². The number of carbonyl (C=O) groups is 1. The van der Waals surface area contributed by atoms with Gasteiger partial charge in [-0.1, -0.05) is 25.0 Å². The molecule has 2 rings (SSSR count). The second kappa shape index (κ2) is 12.9. The monoisotopic (exact) mass is 462 g/mol. The zero-order chi connectivity index (χ0) is 22.5. The summed E-state index contributed by atoms with van der Waals surface area (Å²) in [5.74, 6) is 0.903. The molecule has 1 heterocycles. The minimum atomic E-state index is -4.04. The van der Waals surface area contributed by atoms with Crippen LogP contribution in [0.5, 0.6) is 5.75 Å². The fraction of sp³-hybridized carbons (Fsp3) is 0.381. The minimum Gasteiger partial charge on any atom is -0.371 e. The standard InChI is InChI=1S/C21H26N4O4S2/c22-13-4-2-1-3-5-15-30-20-11-8-18(16-25-20)21(26)24-14-12-17-6-9-19(10-7-17)29-31(23,27)28/h6-11,16H,1-5,12,14-15H2,(H,24,26)(H2,23,27,28). The third-order valence-electron chi connectivity index (χ3n) is 4.27. The Kier molecular flexibility index (Phi) is 10.3. The predicted octanol–water partition coefficient (Wildman–Crippen LogP) is 3.20. The van der Waals surface area contributed by atoms with Crippen molar-refractivity contribution in [2.24, 2.45) is 5.14 Å².